The van der Waals surface area contributed by atoms with Crippen LogP contribution in [0.2, 0.25) is 0 Å². The van der Waals surface area contributed by atoms with Crippen molar-refractivity contribution < 1.29 is 19.7 Å². The van der Waals surface area contributed by atoms with E-state index in [1.807, 2.05) is 19.1 Å². The number of aryl methyl sites for hydroxylation is 1. The molecule has 0 aliphatic carbocycles. The van der Waals surface area contributed by atoms with E-state index in [-0.39, 0.29) is 19.8 Å². The molecule has 100 valence electrons. The molecule has 3 N–H and O–H groups in total. The van der Waals surface area contributed by atoms with Gasteiger partial charge in [-0.15, -0.1) is 0 Å². The number of carbonyl (C=O) groups is 1. The molecule has 0 fully saturated rings. The van der Waals surface area contributed by atoms with Crippen LogP contribution >= 0.6 is 15.9 Å². The van der Waals surface area contributed by atoms with Gasteiger partial charge in [0, 0.05) is 0 Å². The van der Waals surface area contributed by atoms with Crippen molar-refractivity contribution in [3.05, 3.63) is 28.2 Å². The predicted molar refractivity (Wildman–Crippen MR) is 70.5 cm³/mol. The predicted octanol–water partition coefficient (Wildman–Crippen LogP) is 0.606. The highest BCUT2D eigenvalue weighted by Crippen LogP contribution is 2.25. The molecule has 0 saturated carbocycles. The van der Waals surface area contributed by atoms with Crippen molar-refractivity contribution in [2.75, 3.05) is 19.8 Å². The van der Waals surface area contributed by atoms with E-state index in [4.69, 9.17) is 14.9 Å². The molecule has 0 atom stereocenters. The van der Waals surface area contributed by atoms with E-state index in [1.165, 1.54) is 0 Å². The summed E-state index contributed by atoms with van der Waals surface area (Å²) in [5.74, 6) is 0.177. The van der Waals surface area contributed by atoms with Crippen molar-refractivity contribution in [1.82, 2.24) is 5.32 Å². The monoisotopic (exact) mass is 317 g/mol. The summed E-state index contributed by atoms with van der Waals surface area (Å²) in [5, 5.41) is 20.1. The number of benzene rings is 1. The van der Waals surface area contributed by atoms with Crippen LogP contribution in [0.25, 0.3) is 0 Å². The summed E-state index contributed by atoms with van der Waals surface area (Å²) in [6, 6.07) is 4.88. The van der Waals surface area contributed by atoms with Crippen LogP contribution in [0.4, 0.5) is 0 Å². The number of hydrogen-bond donors (Lipinski definition) is 3. The molecule has 0 heterocycles. The van der Waals surface area contributed by atoms with Crippen molar-refractivity contribution in [3.63, 3.8) is 0 Å². The minimum atomic E-state index is -0.650. The van der Waals surface area contributed by atoms with Crippen molar-refractivity contribution in [3.8, 4) is 5.75 Å². The summed E-state index contributed by atoms with van der Waals surface area (Å²) in [5.41, 5.74) is 1.08. The molecule has 0 bridgehead atoms. The van der Waals surface area contributed by atoms with E-state index < -0.39 is 11.9 Å². The largest absolute Gasteiger partial charge is 0.483 e. The third-order valence-corrected chi connectivity index (χ3v) is 2.87. The Morgan fingerprint density at radius 3 is 2.67 bits per heavy atom. The molecule has 0 saturated heterocycles. The molecule has 1 aromatic carbocycles. The lowest BCUT2D eigenvalue weighted by molar-refractivity contribution is -0.124. The second-order valence-electron chi connectivity index (χ2n) is 3.85. The molecule has 1 rings (SSSR count). The highest BCUT2D eigenvalue weighted by molar-refractivity contribution is 9.10. The smallest absolute Gasteiger partial charge is 0.258 e. The van der Waals surface area contributed by atoms with Gasteiger partial charge < -0.3 is 20.3 Å². The zero-order chi connectivity index (χ0) is 13.5. The van der Waals surface area contributed by atoms with Crippen molar-refractivity contribution in [1.29, 1.82) is 0 Å². The van der Waals surface area contributed by atoms with Gasteiger partial charge in [-0.2, -0.15) is 0 Å². The summed E-state index contributed by atoms with van der Waals surface area (Å²) >= 11 is 3.34. The van der Waals surface area contributed by atoms with Gasteiger partial charge in [-0.1, -0.05) is 6.07 Å². The average Bonchev–Trinajstić information content (AvgIpc) is 2.35. The Kier molecular flexibility index (Phi) is 6.11. The van der Waals surface area contributed by atoms with Crippen LogP contribution in [0.1, 0.15) is 5.56 Å². The van der Waals surface area contributed by atoms with E-state index >= 15 is 0 Å². The Hall–Kier alpha value is -1.11. The van der Waals surface area contributed by atoms with Crippen LogP contribution in [0.3, 0.4) is 0 Å². The van der Waals surface area contributed by atoms with Crippen LogP contribution in [0.15, 0.2) is 22.7 Å². The normalized spacial score (nSPS) is 10.5. The molecule has 0 aliphatic rings. The summed E-state index contributed by atoms with van der Waals surface area (Å²) in [4.78, 5) is 11.4. The molecule has 5 nitrogen and oxygen atoms in total. The minimum Gasteiger partial charge on any atom is -0.483 e. The Morgan fingerprint density at radius 2 is 2.11 bits per heavy atom. The second kappa shape index (κ2) is 7.35. The SMILES string of the molecule is Cc1ccc(OCC(=O)NC(CO)CO)c(Br)c1. The molecule has 1 aromatic rings. The first-order valence-electron chi connectivity index (χ1n) is 5.47. The van der Waals surface area contributed by atoms with E-state index in [0.29, 0.717) is 5.75 Å². The fourth-order valence-electron chi connectivity index (χ4n) is 1.28. The van der Waals surface area contributed by atoms with Gasteiger partial charge in [0.05, 0.1) is 23.7 Å². The lowest BCUT2D eigenvalue weighted by Gasteiger charge is -2.14. The third kappa shape index (κ3) is 4.64. The van der Waals surface area contributed by atoms with Crippen LogP contribution < -0.4 is 10.1 Å². The van der Waals surface area contributed by atoms with Gasteiger partial charge >= 0.3 is 0 Å². The first-order chi connectivity index (χ1) is 8.56. The number of halogens is 1. The maximum absolute atomic E-state index is 11.4. The number of hydrogen-bond acceptors (Lipinski definition) is 4. The summed E-state index contributed by atoms with van der Waals surface area (Å²) in [6.45, 7) is 1.17. The lowest BCUT2D eigenvalue weighted by atomic mass is 10.2. The fourth-order valence-corrected chi connectivity index (χ4v) is 1.89. The van der Waals surface area contributed by atoms with Gasteiger partial charge in [-0.3, -0.25) is 4.79 Å². The molecule has 0 aliphatic heterocycles. The topological polar surface area (TPSA) is 78.8 Å². The van der Waals surface area contributed by atoms with Gasteiger partial charge in [0.25, 0.3) is 5.91 Å². The van der Waals surface area contributed by atoms with Gasteiger partial charge in [0.2, 0.25) is 0 Å². The Balaban J connectivity index is 2.47. The molecule has 0 aromatic heterocycles. The summed E-state index contributed by atoms with van der Waals surface area (Å²) in [6.07, 6.45) is 0. The maximum Gasteiger partial charge on any atom is 0.258 e. The van der Waals surface area contributed by atoms with Crippen LogP contribution in [-0.2, 0) is 4.79 Å². The number of amides is 1. The Bertz CT molecular complexity index is 407. The van der Waals surface area contributed by atoms with Gasteiger partial charge in [-0.05, 0) is 40.5 Å². The second-order valence-corrected chi connectivity index (χ2v) is 4.71. The van der Waals surface area contributed by atoms with E-state index in [0.717, 1.165) is 10.0 Å². The Labute approximate surface area is 114 Å². The molecular formula is C12H16BrNO4. The van der Waals surface area contributed by atoms with Crippen LogP contribution in [0, 0.1) is 6.92 Å². The summed E-state index contributed by atoms with van der Waals surface area (Å²) in [7, 11) is 0. The number of aliphatic hydroxyl groups excluding tert-OH is 2. The molecule has 6 heteroatoms. The highest BCUT2D eigenvalue weighted by atomic mass is 79.9. The average molecular weight is 318 g/mol. The first-order valence-corrected chi connectivity index (χ1v) is 6.26. The van der Waals surface area contributed by atoms with E-state index in [2.05, 4.69) is 21.2 Å². The third-order valence-electron chi connectivity index (χ3n) is 2.25. The Morgan fingerprint density at radius 1 is 1.44 bits per heavy atom. The van der Waals surface area contributed by atoms with E-state index in [9.17, 15) is 4.79 Å². The minimum absolute atomic E-state index is 0.168. The van der Waals surface area contributed by atoms with Crippen molar-refractivity contribution >= 4 is 21.8 Å². The molecule has 0 spiro atoms. The number of ether oxygens (including phenoxy) is 1. The number of aliphatic hydroxyl groups is 2. The number of nitrogens with one attached hydrogen (secondary N) is 1. The number of rotatable bonds is 6. The lowest BCUT2D eigenvalue weighted by Crippen LogP contribution is -2.42. The van der Waals surface area contributed by atoms with Gasteiger partial charge in [0.1, 0.15) is 5.75 Å². The van der Waals surface area contributed by atoms with Gasteiger partial charge in [0.15, 0.2) is 6.61 Å². The maximum atomic E-state index is 11.4. The quantitative estimate of drug-likeness (QED) is 0.718. The number of carbonyl (C=O) groups excluding carboxylic acids is 1. The van der Waals surface area contributed by atoms with Gasteiger partial charge in [-0.25, -0.2) is 0 Å². The van der Waals surface area contributed by atoms with Crippen LogP contribution in [-0.4, -0.2) is 42.0 Å². The summed E-state index contributed by atoms with van der Waals surface area (Å²) < 4.78 is 6.10. The molecule has 0 radical (unpaired) electrons. The molecular weight excluding hydrogens is 302 g/mol. The zero-order valence-corrected chi connectivity index (χ0v) is 11.6. The van der Waals surface area contributed by atoms with E-state index in [1.54, 1.807) is 6.07 Å². The van der Waals surface area contributed by atoms with Crippen molar-refractivity contribution in [2.45, 2.75) is 13.0 Å². The first kappa shape index (κ1) is 14.9. The molecule has 0 unspecified atom stereocenters. The van der Waals surface area contributed by atoms with Crippen LogP contribution in [0.5, 0.6) is 5.75 Å². The molecule has 1 amide bonds. The van der Waals surface area contributed by atoms with Crippen molar-refractivity contribution in [2.24, 2.45) is 0 Å². The standard InChI is InChI=1S/C12H16BrNO4/c1-8-2-3-11(10(13)4-8)18-7-12(17)14-9(5-15)6-16/h2-4,9,15-16H,5-7H2,1H3,(H,14,17). The molecule has 18 heavy (non-hydrogen) atoms. The zero-order valence-electron chi connectivity index (χ0n) is 10.0. The fraction of sp³-hybridized carbons (Fsp3) is 0.417. The highest BCUT2D eigenvalue weighted by Gasteiger charge is 2.11.